The van der Waals surface area contributed by atoms with Crippen LogP contribution in [0.15, 0.2) is 18.2 Å². The van der Waals surface area contributed by atoms with Gasteiger partial charge in [-0.1, -0.05) is 26.8 Å². The fourth-order valence-electron chi connectivity index (χ4n) is 4.35. The highest BCUT2D eigenvalue weighted by molar-refractivity contribution is 7.90. The number of nitrogens with zero attached hydrogens (tertiary/aromatic N) is 4. The van der Waals surface area contributed by atoms with Crippen LogP contribution < -0.4 is 4.31 Å². The molecule has 0 amide bonds. The minimum atomic E-state index is -4.03. The maximum Gasteiger partial charge on any atom is 0.321 e. The Hall–Kier alpha value is -2.27. The van der Waals surface area contributed by atoms with Crippen LogP contribution >= 0.6 is 0 Å². The topological polar surface area (TPSA) is 84.7 Å². The largest absolute Gasteiger partial charge is 0.468 e. The zero-order valence-electron chi connectivity index (χ0n) is 20.6. The molecule has 34 heavy (non-hydrogen) atoms. The van der Waals surface area contributed by atoms with E-state index in [2.05, 4.69) is 4.74 Å². The lowest BCUT2D eigenvalue weighted by Gasteiger charge is -2.30. The van der Waals surface area contributed by atoms with Gasteiger partial charge < -0.3 is 9.30 Å². The first-order chi connectivity index (χ1) is 15.7. The van der Waals surface area contributed by atoms with Gasteiger partial charge in [-0.25, -0.2) is 13.8 Å². The van der Waals surface area contributed by atoms with Gasteiger partial charge >= 0.3 is 16.2 Å². The number of likely N-dealkylation sites (N-methyl/N-ethyl adjacent to an activating group) is 1. The van der Waals surface area contributed by atoms with E-state index in [1.165, 1.54) is 21.2 Å². The van der Waals surface area contributed by atoms with Gasteiger partial charge in [-0.05, 0) is 30.9 Å². The summed E-state index contributed by atoms with van der Waals surface area (Å²) in [5.74, 6) is -2.41. The number of carbonyl (C=O) groups excluding carboxylic acids is 1. The molecule has 0 bridgehead atoms. The Balaban J connectivity index is 2.03. The second-order valence-electron chi connectivity index (χ2n) is 10.0. The highest BCUT2D eigenvalue weighted by Gasteiger charge is 2.36. The lowest BCUT2D eigenvalue weighted by molar-refractivity contribution is -0.140. The number of methoxy groups -OCH3 is 1. The van der Waals surface area contributed by atoms with E-state index in [9.17, 15) is 22.0 Å². The second-order valence-corrected chi connectivity index (χ2v) is 12.1. The van der Waals surface area contributed by atoms with Gasteiger partial charge in [0.05, 0.1) is 18.3 Å². The normalized spacial score (nSPS) is 17.3. The number of carbonyl (C=O) groups is 1. The summed E-state index contributed by atoms with van der Waals surface area (Å²) in [5, 5.41) is 0. The van der Waals surface area contributed by atoms with Crippen molar-refractivity contribution < 1.29 is 26.7 Å². The summed E-state index contributed by atoms with van der Waals surface area (Å²) >= 11 is 0. The van der Waals surface area contributed by atoms with Gasteiger partial charge in [-0.15, -0.1) is 0 Å². The maximum absolute atomic E-state index is 13.7. The molecular weight excluding hydrogens is 466 g/mol. The number of fused-ring (bicyclic) bond motifs is 1. The van der Waals surface area contributed by atoms with Crippen molar-refractivity contribution in [1.29, 1.82) is 0 Å². The number of esters is 1. The van der Waals surface area contributed by atoms with E-state index in [0.29, 0.717) is 30.6 Å². The zero-order chi connectivity index (χ0) is 25.5. The third kappa shape index (κ3) is 5.35. The Morgan fingerprint density at radius 3 is 2.41 bits per heavy atom. The number of benzene rings is 1. The number of hydrogen-bond donors (Lipinski definition) is 0. The Labute approximate surface area is 200 Å². The van der Waals surface area contributed by atoms with Gasteiger partial charge in [0.1, 0.15) is 17.9 Å². The summed E-state index contributed by atoms with van der Waals surface area (Å²) in [6, 6.07) is 5.29. The second kappa shape index (κ2) is 9.41. The van der Waals surface area contributed by atoms with Gasteiger partial charge in [0, 0.05) is 38.9 Å². The number of aromatic nitrogens is 2. The average Bonchev–Trinajstić information content (AvgIpc) is 3.13. The van der Waals surface area contributed by atoms with E-state index in [1.54, 1.807) is 12.1 Å². The molecule has 0 unspecified atom stereocenters. The Morgan fingerprint density at radius 1 is 1.24 bits per heavy atom. The van der Waals surface area contributed by atoms with Crippen LogP contribution in [-0.4, -0.2) is 61.9 Å². The van der Waals surface area contributed by atoms with E-state index in [1.807, 2.05) is 31.4 Å². The number of rotatable bonds is 7. The summed E-state index contributed by atoms with van der Waals surface area (Å²) in [4.78, 5) is 16.5. The van der Waals surface area contributed by atoms with Crippen molar-refractivity contribution in [2.24, 2.45) is 5.92 Å². The van der Waals surface area contributed by atoms with Crippen LogP contribution in [0.5, 0.6) is 0 Å². The number of hydrogen-bond acceptors (Lipinski definition) is 5. The molecule has 11 heteroatoms. The summed E-state index contributed by atoms with van der Waals surface area (Å²) in [5.41, 5.74) is 1.27. The summed E-state index contributed by atoms with van der Waals surface area (Å²) in [6.07, 6.45) is 0.632. The van der Waals surface area contributed by atoms with Crippen molar-refractivity contribution in [2.45, 2.75) is 64.3 Å². The van der Waals surface area contributed by atoms with Gasteiger partial charge in [0.25, 0.3) is 0 Å². The lowest BCUT2D eigenvalue weighted by atomic mass is 9.86. The predicted octanol–water partition coefficient (Wildman–Crippen LogP) is 3.95. The molecule has 0 aliphatic heterocycles. The highest BCUT2D eigenvalue weighted by Crippen LogP contribution is 2.39. The third-order valence-electron chi connectivity index (χ3n) is 6.36. The van der Waals surface area contributed by atoms with Crippen LogP contribution in [0.1, 0.15) is 52.3 Å². The molecule has 0 spiro atoms. The van der Waals surface area contributed by atoms with Crippen molar-refractivity contribution >= 4 is 32.9 Å². The van der Waals surface area contributed by atoms with Crippen LogP contribution in [-0.2, 0) is 31.7 Å². The van der Waals surface area contributed by atoms with Crippen LogP contribution in [0, 0.1) is 5.92 Å². The molecule has 1 aliphatic rings. The molecule has 2 aromatic rings. The zero-order valence-corrected chi connectivity index (χ0v) is 21.5. The number of para-hydroxylation sites is 1. The molecule has 1 saturated carbocycles. The predicted molar refractivity (Wildman–Crippen MR) is 127 cm³/mol. The molecule has 190 valence electrons. The number of ether oxygens (including phenoxy) is 1. The summed E-state index contributed by atoms with van der Waals surface area (Å²) in [7, 11) is -0.119. The van der Waals surface area contributed by atoms with Gasteiger partial charge in [-0.2, -0.15) is 12.7 Å². The van der Waals surface area contributed by atoms with E-state index >= 15 is 0 Å². The number of alkyl halides is 2. The van der Waals surface area contributed by atoms with Crippen molar-refractivity contribution in [3.63, 3.8) is 0 Å². The smallest absolute Gasteiger partial charge is 0.321 e. The first kappa shape index (κ1) is 26.3. The first-order valence-corrected chi connectivity index (χ1v) is 12.7. The minimum absolute atomic E-state index is 0.0921. The minimum Gasteiger partial charge on any atom is -0.468 e. The average molecular weight is 501 g/mol. The van der Waals surface area contributed by atoms with Gasteiger partial charge in [0.15, 0.2) is 0 Å². The van der Waals surface area contributed by atoms with Crippen molar-refractivity contribution in [3.8, 4) is 0 Å². The molecule has 8 nitrogen and oxygen atoms in total. The molecule has 3 rings (SSSR count). The molecule has 0 radical (unpaired) electrons. The Bertz CT molecular complexity index is 1150. The van der Waals surface area contributed by atoms with Gasteiger partial charge in [0.2, 0.25) is 5.92 Å². The monoisotopic (exact) mass is 500 g/mol. The van der Waals surface area contributed by atoms with E-state index < -0.39 is 28.6 Å². The molecule has 1 aromatic heterocycles. The molecule has 1 heterocycles. The fourth-order valence-corrected chi connectivity index (χ4v) is 5.43. The molecule has 1 aliphatic carbocycles. The van der Waals surface area contributed by atoms with E-state index in [0.717, 1.165) is 20.0 Å². The Kier molecular flexibility index (Phi) is 7.29. The SMILES string of the molecule is COC(=O)CN(C)S(=O)(=O)N(C)c1cccc2c1nc(C(C)(C)C)n2CC1CCC(F)(F)CC1. The van der Waals surface area contributed by atoms with Crippen LogP contribution in [0.3, 0.4) is 0 Å². The van der Waals surface area contributed by atoms with Crippen LogP contribution in [0.2, 0.25) is 0 Å². The number of anilines is 1. The number of imidazole rings is 1. The van der Waals surface area contributed by atoms with E-state index in [-0.39, 0.29) is 24.2 Å². The molecule has 0 saturated heterocycles. The fraction of sp³-hybridized carbons (Fsp3) is 0.652. The van der Waals surface area contributed by atoms with Crippen LogP contribution in [0.25, 0.3) is 11.0 Å². The van der Waals surface area contributed by atoms with E-state index in [4.69, 9.17) is 4.98 Å². The van der Waals surface area contributed by atoms with Crippen LogP contribution in [0.4, 0.5) is 14.5 Å². The molecule has 0 atom stereocenters. The van der Waals surface area contributed by atoms with Crippen molar-refractivity contribution in [3.05, 3.63) is 24.0 Å². The first-order valence-electron chi connectivity index (χ1n) is 11.3. The molecule has 1 fully saturated rings. The van der Waals surface area contributed by atoms with Crippen molar-refractivity contribution in [1.82, 2.24) is 13.9 Å². The Morgan fingerprint density at radius 2 is 1.85 bits per heavy atom. The highest BCUT2D eigenvalue weighted by atomic mass is 32.2. The maximum atomic E-state index is 13.7. The molecule has 0 N–H and O–H groups in total. The quantitative estimate of drug-likeness (QED) is 0.538. The summed E-state index contributed by atoms with van der Waals surface area (Å²) < 4.78 is 62.3. The third-order valence-corrected chi connectivity index (χ3v) is 8.17. The lowest BCUT2D eigenvalue weighted by Crippen LogP contribution is -2.42. The van der Waals surface area contributed by atoms with Gasteiger partial charge in [-0.3, -0.25) is 9.10 Å². The molecular formula is C23H34F2N4O4S. The standard InChI is InChI=1S/C23H34F2N4O4S/c1-22(2,3)21-26-20-17(28(5)34(31,32)27(4)15-19(30)33-6)8-7-9-18(20)29(21)14-16-10-12-23(24,25)13-11-16/h7-9,16H,10-15H2,1-6H3. The number of halogens is 2. The van der Waals surface area contributed by atoms with Crippen molar-refractivity contribution in [2.75, 3.05) is 32.1 Å². The molecule has 1 aromatic carbocycles. The summed E-state index contributed by atoms with van der Waals surface area (Å²) in [6.45, 7) is 6.17.